The van der Waals surface area contributed by atoms with Crippen LogP contribution < -0.4 is 32.7 Å². The molecule has 5 atom stereocenters. The summed E-state index contributed by atoms with van der Waals surface area (Å²) in [4.78, 5) is 124. The van der Waals surface area contributed by atoms with Crippen molar-refractivity contribution in [1.29, 1.82) is 0 Å². The first-order valence-corrected chi connectivity index (χ1v) is 26.0. The summed E-state index contributed by atoms with van der Waals surface area (Å²) in [5.41, 5.74) is 8.36. The lowest BCUT2D eigenvalue weighted by Gasteiger charge is -2.39. The van der Waals surface area contributed by atoms with Crippen molar-refractivity contribution in [3.8, 4) is 0 Å². The van der Waals surface area contributed by atoms with Gasteiger partial charge < -0.3 is 36.2 Å². The lowest BCUT2D eigenvalue weighted by Crippen LogP contribution is -2.62. The molecule has 19 heteroatoms. The van der Waals surface area contributed by atoms with E-state index in [1.165, 1.54) is 9.47 Å². The van der Waals surface area contributed by atoms with Crippen LogP contribution in [0.5, 0.6) is 0 Å². The first-order chi connectivity index (χ1) is 35.3. The molecule has 0 radical (unpaired) electrons. The topological polar surface area (TPSA) is 253 Å². The minimum absolute atomic E-state index is 0.0842. The maximum atomic E-state index is 14.8. The van der Waals surface area contributed by atoms with Crippen LogP contribution in [0, 0.1) is 11.8 Å². The smallest absolute Gasteiger partial charge is 0.408 e. The van der Waals surface area contributed by atoms with Gasteiger partial charge in [0.25, 0.3) is 0 Å². The molecule has 3 aromatic carbocycles. The molecular weight excluding hydrogens is 947 g/mol. The zero-order valence-corrected chi connectivity index (χ0v) is 42.7. The molecule has 4 heterocycles. The molecule has 0 spiro atoms. The number of piperidine rings is 1. The fraction of sp³-hybridized carbons (Fsp3) is 0.509. The molecule has 4 aliphatic rings. The number of nitrogens with two attached hydrogens (primary N) is 1. The number of alkyl carbamates (subject to hydrolysis) is 1. The van der Waals surface area contributed by atoms with Crippen molar-refractivity contribution >= 4 is 58.5 Å². The van der Waals surface area contributed by atoms with Gasteiger partial charge in [-0.25, -0.2) is 9.59 Å². The van der Waals surface area contributed by atoms with Crippen LogP contribution in [-0.2, 0) is 51.8 Å². The molecular formula is C55H69N9O10. The molecule has 6 N–H and O–H groups in total. The Bertz CT molecular complexity index is 2780. The lowest BCUT2D eigenvalue weighted by atomic mass is 9.78. The average molecular weight is 1020 g/mol. The van der Waals surface area contributed by atoms with Crippen LogP contribution in [0.1, 0.15) is 127 Å². The minimum atomic E-state index is -1.25. The molecule has 8 rings (SSSR count). The molecule has 4 aromatic rings. The molecule has 3 aliphatic heterocycles. The van der Waals surface area contributed by atoms with Gasteiger partial charge in [0, 0.05) is 38.9 Å². The molecule has 394 valence electrons. The maximum absolute atomic E-state index is 14.8. The normalized spacial score (nSPS) is 22.8. The Morgan fingerprint density at radius 1 is 0.797 bits per heavy atom. The predicted molar refractivity (Wildman–Crippen MR) is 274 cm³/mol. The van der Waals surface area contributed by atoms with Gasteiger partial charge in [0.1, 0.15) is 29.8 Å². The third kappa shape index (κ3) is 12.5. The first-order valence-electron chi connectivity index (χ1n) is 26.0. The Morgan fingerprint density at radius 2 is 1.46 bits per heavy atom. The Kier molecular flexibility index (Phi) is 16.4. The third-order valence-electron chi connectivity index (χ3n) is 15.0. The summed E-state index contributed by atoms with van der Waals surface area (Å²) >= 11 is 0. The average Bonchev–Trinajstić information content (AvgIpc) is 3.89. The van der Waals surface area contributed by atoms with Crippen LogP contribution in [0.3, 0.4) is 0 Å². The summed E-state index contributed by atoms with van der Waals surface area (Å²) in [6, 6.07) is 19.4. The number of imidazole rings is 1. The van der Waals surface area contributed by atoms with Crippen molar-refractivity contribution in [3.63, 3.8) is 0 Å². The van der Waals surface area contributed by atoms with E-state index in [-0.39, 0.29) is 75.0 Å². The molecule has 19 nitrogen and oxygen atoms in total. The molecule has 8 amide bonds. The standard InChI is InChI=1S/C55H69N9O10/c1-55(2,3)74-53(72)58-40-32-62(47(67)31-34-17-15-33(16-18-34)29-35-19-22-41-44(30-35)61(4)54(73)64(41)43-24-26-46(66)59-51(43)70)28-27-38-20-23-42(63(38)52(40)71)50(69)57-39(21-25-45(56)65)49(68)60-48(36-11-7-5-8-12-36)37-13-9-6-10-14-37/h5-14,19,22,30,33-34,38-40,42-43,48H,15-18,20-21,23-29,31-32H2,1-4H3,(H2,56,65)(H,57,69)(H,58,72)(H,60,68)(H,59,66,70)/t33-,34-,38-,39+,40+,42+,43?/m1/s1. The zero-order chi connectivity index (χ0) is 52.8. The number of imide groups is 1. The van der Waals surface area contributed by atoms with Crippen LogP contribution >= 0.6 is 0 Å². The fourth-order valence-electron chi connectivity index (χ4n) is 11.2. The van der Waals surface area contributed by atoms with Crippen LogP contribution in [-0.4, -0.2) is 109 Å². The van der Waals surface area contributed by atoms with Crippen LogP contribution in [0.15, 0.2) is 83.7 Å². The van der Waals surface area contributed by atoms with Gasteiger partial charge in [-0.05, 0) is 126 Å². The molecule has 3 saturated heterocycles. The second kappa shape index (κ2) is 22.8. The van der Waals surface area contributed by atoms with Gasteiger partial charge in [0.2, 0.25) is 41.4 Å². The predicted octanol–water partition coefficient (Wildman–Crippen LogP) is 4.20. The number of rotatable bonds is 15. The number of ether oxygens (including phenoxy) is 1. The van der Waals surface area contributed by atoms with Crippen molar-refractivity contribution < 1.29 is 43.1 Å². The Labute approximate surface area is 430 Å². The number of nitrogens with zero attached hydrogens (tertiary/aromatic N) is 4. The Hall–Kier alpha value is -7.31. The van der Waals surface area contributed by atoms with Gasteiger partial charge in [-0.1, -0.05) is 66.7 Å². The van der Waals surface area contributed by atoms with Gasteiger partial charge in [0.05, 0.1) is 23.6 Å². The highest BCUT2D eigenvalue weighted by Gasteiger charge is 2.46. The van der Waals surface area contributed by atoms with Crippen LogP contribution in [0.2, 0.25) is 0 Å². The van der Waals surface area contributed by atoms with Gasteiger partial charge in [-0.15, -0.1) is 0 Å². The second-order valence-corrected chi connectivity index (χ2v) is 21.4. The van der Waals surface area contributed by atoms with Crippen molar-refractivity contribution in [2.45, 2.75) is 146 Å². The summed E-state index contributed by atoms with van der Waals surface area (Å²) in [5.74, 6) is -2.81. The second-order valence-electron chi connectivity index (χ2n) is 21.4. The van der Waals surface area contributed by atoms with E-state index in [2.05, 4.69) is 21.3 Å². The van der Waals surface area contributed by atoms with Gasteiger partial charge in [-0.2, -0.15) is 0 Å². The lowest BCUT2D eigenvalue weighted by molar-refractivity contribution is -0.146. The largest absolute Gasteiger partial charge is 0.444 e. The number of fused-ring (bicyclic) bond motifs is 2. The first kappa shape index (κ1) is 53.0. The van der Waals surface area contributed by atoms with Crippen LogP contribution in [0.4, 0.5) is 4.79 Å². The highest BCUT2D eigenvalue weighted by atomic mass is 16.6. The molecule has 1 saturated carbocycles. The summed E-state index contributed by atoms with van der Waals surface area (Å²) < 4.78 is 8.59. The quantitative estimate of drug-likeness (QED) is 0.106. The van der Waals surface area contributed by atoms with Gasteiger partial charge >= 0.3 is 11.8 Å². The Balaban J connectivity index is 0.918. The highest BCUT2D eigenvalue weighted by molar-refractivity contribution is 6.00. The molecule has 1 aromatic heterocycles. The highest BCUT2D eigenvalue weighted by Crippen LogP contribution is 2.35. The zero-order valence-electron chi connectivity index (χ0n) is 42.7. The summed E-state index contributed by atoms with van der Waals surface area (Å²) in [6.07, 6.45) is 4.87. The van der Waals surface area contributed by atoms with Gasteiger partial charge in [-0.3, -0.25) is 48.0 Å². The number of benzene rings is 3. The van der Waals surface area contributed by atoms with E-state index in [1.54, 1.807) is 37.3 Å². The van der Waals surface area contributed by atoms with Gasteiger partial charge in [0.15, 0.2) is 0 Å². The number of primary amides is 1. The number of hydrogen-bond acceptors (Lipinski definition) is 10. The van der Waals surface area contributed by atoms with E-state index in [0.29, 0.717) is 29.8 Å². The monoisotopic (exact) mass is 1020 g/mol. The number of amides is 8. The summed E-state index contributed by atoms with van der Waals surface area (Å²) in [6.45, 7) is 5.25. The summed E-state index contributed by atoms with van der Waals surface area (Å²) in [7, 11) is 1.68. The van der Waals surface area contributed by atoms with Crippen molar-refractivity contribution in [2.24, 2.45) is 24.6 Å². The number of nitrogens with one attached hydrogen (secondary N) is 4. The van der Waals surface area contributed by atoms with Crippen LogP contribution in [0.25, 0.3) is 11.0 Å². The third-order valence-corrected chi connectivity index (χ3v) is 15.0. The van der Waals surface area contributed by atoms with E-state index in [0.717, 1.165) is 48.8 Å². The van der Waals surface area contributed by atoms with Crippen molar-refractivity contribution in [1.82, 2.24) is 40.2 Å². The van der Waals surface area contributed by atoms with E-state index >= 15 is 0 Å². The molecule has 1 unspecified atom stereocenters. The molecule has 0 bridgehead atoms. The number of carbonyl (C=O) groups is 8. The van der Waals surface area contributed by atoms with E-state index < -0.39 is 77.5 Å². The number of aryl methyl sites for hydroxylation is 1. The molecule has 1 aliphatic carbocycles. The van der Waals surface area contributed by atoms with Crippen molar-refractivity contribution in [2.75, 3.05) is 13.1 Å². The fourth-order valence-corrected chi connectivity index (χ4v) is 11.2. The summed E-state index contributed by atoms with van der Waals surface area (Å²) in [5, 5.41) is 11.0. The molecule has 74 heavy (non-hydrogen) atoms. The number of aromatic nitrogens is 2. The minimum Gasteiger partial charge on any atom is -0.444 e. The van der Waals surface area contributed by atoms with Crippen molar-refractivity contribution in [3.05, 3.63) is 106 Å². The van der Waals surface area contributed by atoms with E-state index in [1.807, 2.05) is 78.9 Å². The SMILES string of the molecule is Cn1c(=O)n(C2CCC(=O)NC2=O)c2ccc(C[C@H]3CC[C@H](CC(=O)N4CC[C@H]5CC[C@@H](C(=O)N[C@@H](CCC(N)=O)C(=O)NC(c6ccccc6)c6ccccc6)N5C(=O)[C@@H](NC(=O)OC(C)(C)C)C4)CC3)cc21. The molecule has 4 fully saturated rings. The Morgan fingerprint density at radius 3 is 2.09 bits per heavy atom. The van der Waals surface area contributed by atoms with E-state index in [4.69, 9.17) is 10.5 Å². The maximum Gasteiger partial charge on any atom is 0.408 e. The number of hydrogen-bond donors (Lipinski definition) is 5. The number of carbonyl (C=O) groups excluding carboxylic acids is 8. The van der Waals surface area contributed by atoms with E-state index in [9.17, 15) is 43.2 Å².